The lowest BCUT2D eigenvalue weighted by atomic mass is 10.1. The fourth-order valence-electron chi connectivity index (χ4n) is 3.01. The average molecular weight is 496 g/mol. The van der Waals surface area contributed by atoms with E-state index in [0.29, 0.717) is 17.1 Å². The van der Waals surface area contributed by atoms with E-state index in [1.165, 1.54) is 42.5 Å². The summed E-state index contributed by atoms with van der Waals surface area (Å²) in [5, 5.41) is 22.8. The number of non-ortho nitro benzene ring substituents is 1. The third-order valence-corrected chi connectivity index (χ3v) is 5.92. The second-order valence-corrected chi connectivity index (χ2v) is 8.41. The van der Waals surface area contributed by atoms with Crippen LogP contribution in [0.4, 0.5) is 11.4 Å². The Morgan fingerprint density at radius 2 is 1.74 bits per heavy atom. The Balaban J connectivity index is 1.51. The normalized spacial score (nSPS) is 14.5. The molecule has 0 spiro atoms. The van der Waals surface area contributed by atoms with E-state index in [-0.39, 0.29) is 20.5 Å². The second kappa shape index (κ2) is 9.25. The Morgan fingerprint density at radius 1 is 1.03 bits per heavy atom. The molecule has 4 rings (SSSR count). The maximum atomic E-state index is 12.8. The lowest BCUT2D eigenvalue weighted by Gasteiger charge is -2.15. The van der Waals surface area contributed by atoms with Crippen LogP contribution in [0.3, 0.4) is 0 Å². The molecule has 1 fully saturated rings. The van der Waals surface area contributed by atoms with Crippen LogP contribution in [-0.4, -0.2) is 31.0 Å². The molecule has 1 aliphatic heterocycles. The molecule has 0 saturated carbocycles. The topological polar surface area (TPSA) is 149 Å². The highest BCUT2D eigenvalue weighted by Crippen LogP contribution is 2.33. The number of hydrazine groups is 1. The van der Waals surface area contributed by atoms with Gasteiger partial charge in [-0.15, -0.1) is 0 Å². The number of para-hydroxylation sites is 1. The van der Waals surface area contributed by atoms with Gasteiger partial charge in [-0.3, -0.25) is 35.2 Å². The molecule has 1 N–H and O–H groups in total. The molecule has 13 heteroatoms. The number of hydrogen-bond donors (Lipinski definition) is 1. The third-order valence-electron chi connectivity index (χ3n) is 4.62. The van der Waals surface area contributed by atoms with Crippen molar-refractivity contribution in [2.45, 2.75) is 0 Å². The van der Waals surface area contributed by atoms with Crippen LogP contribution < -0.4 is 5.43 Å². The Labute approximate surface area is 200 Å². The highest BCUT2D eigenvalue weighted by molar-refractivity contribution is 8.26. The molecule has 0 aliphatic carbocycles. The van der Waals surface area contributed by atoms with Crippen molar-refractivity contribution < 1.29 is 23.9 Å². The van der Waals surface area contributed by atoms with E-state index in [0.717, 1.165) is 16.8 Å². The van der Waals surface area contributed by atoms with Gasteiger partial charge in [0.2, 0.25) is 0 Å². The number of thiocarbonyl (C=S) groups is 1. The number of nitrogens with zero attached hydrogens (tertiary/aromatic N) is 3. The minimum Gasteiger partial charge on any atom is -0.457 e. The molecular weight excluding hydrogens is 484 g/mol. The summed E-state index contributed by atoms with van der Waals surface area (Å²) in [7, 11) is 0. The minimum atomic E-state index is -0.858. The monoisotopic (exact) mass is 496 g/mol. The van der Waals surface area contributed by atoms with Crippen LogP contribution in [0.5, 0.6) is 0 Å². The lowest BCUT2D eigenvalue weighted by Crippen LogP contribution is -2.45. The number of amides is 2. The van der Waals surface area contributed by atoms with E-state index in [9.17, 15) is 29.8 Å². The van der Waals surface area contributed by atoms with Crippen molar-refractivity contribution in [3.63, 3.8) is 0 Å². The molecule has 0 bridgehead atoms. The van der Waals surface area contributed by atoms with Crippen LogP contribution in [-0.2, 0) is 4.79 Å². The zero-order valence-electron chi connectivity index (χ0n) is 16.9. The van der Waals surface area contributed by atoms with Crippen LogP contribution >= 0.6 is 24.0 Å². The largest absolute Gasteiger partial charge is 0.457 e. The predicted molar refractivity (Wildman–Crippen MR) is 126 cm³/mol. The molecular formula is C21H12N4O7S2. The quantitative estimate of drug-likeness (QED) is 0.228. The summed E-state index contributed by atoms with van der Waals surface area (Å²) >= 11 is 6.09. The van der Waals surface area contributed by atoms with Gasteiger partial charge in [-0.1, -0.05) is 23.9 Å². The molecule has 1 aliphatic rings. The number of carbonyl (C=O) groups excluding carboxylic acids is 2. The van der Waals surface area contributed by atoms with Gasteiger partial charge in [-0.25, -0.2) is 0 Å². The van der Waals surface area contributed by atoms with Crippen molar-refractivity contribution in [1.82, 2.24) is 10.4 Å². The minimum absolute atomic E-state index is 0.0327. The van der Waals surface area contributed by atoms with Crippen molar-refractivity contribution in [3.8, 4) is 11.3 Å². The summed E-state index contributed by atoms with van der Waals surface area (Å²) < 4.78 is 5.74. The van der Waals surface area contributed by atoms with Gasteiger partial charge in [-0.2, -0.15) is 5.01 Å². The first-order valence-electron chi connectivity index (χ1n) is 9.41. The molecule has 0 unspecified atom stereocenters. The maximum absolute atomic E-state index is 12.8. The zero-order valence-corrected chi connectivity index (χ0v) is 18.5. The highest BCUT2D eigenvalue weighted by atomic mass is 32.2. The van der Waals surface area contributed by atoms with Crippen molar-refractivity contribution in [1.29, 1.82) is 0 Å². The van der Waals surface area contributed by atoms with Gasteiger partial charge in [0.05, 0.1) is 14.8 Å². The molecule has 2 amide bonds. The number of thioether (sulfide) groups is 1. The van der Waals surface area contributed by atoms with Gasteiger partial charge in [0.15, 0.2) is 4.32 Å². The summed E-state index contributed by atoms with van der Waals surface area (Å²) in [5.41, 5.74) is 2.23. The van der Waals surface area contributed by atoms with Crippen molar-refractivity contribution in [3.05, 3.63) is 97.1 Å². The summed E-state index contributed by atoms with van der Waals surface area (Å²) in [6.07, 6.45) is 1.44. The number of nitrogens with one attached hydrogen (secondary N) is 1. The SMILES string of the molecule is O=C(NN1C(=O)/C(=C/c2ccc(-c3ccc([N+](=O)[O-])cc3)o2)SC1=S)c1ccccc1[N+](=O)[O-]. The van der Waals surface area contributed by atoms with E-state index in [1.807, 2.05) is 0 Å². The number of nitro groups is 2. The third kappa shape index (κ3) is 4.55. The van der Waals surface area contributed by atoms with E-state index < -0.39 is 27.3 Å². The Bertz CT molecular complexity index is 1380. The zero-order chi connectivity index (χ0) is 24.4. The first kappa shape index (κ1) is 22.8. The molecule has 3 aromatic rings. The molecule has 2 heterocycles. The van der Waals surface area contributed by atoms with Crippen molar-refractivity contribution in [2.24, 2.45) is 0 Å². The summed E-state index contributed by atoms with van der Waals surface area (Å²) in [6, 6.07) is 14.4. The summed E-state index contributed by atoms with van der Waals surface area (Å²) in [5.74, 6) is -0.737. The fraction of sp³-hybridized carbons (Fsp3) is 0. The predicted octanol–water partition coefficient (Wildman–Crippen LogP) is 4.31. The number of furan rings is 1. The fourth-order valence-corrected chi connectivity index (χ4v) is 4.17. The van der Waals surface area contributed by atoms with Crippen molar-refractivity contribution in [2.75, 3.05) is 0 Å². The number of carbonyl (C=O) groups is 2. The second-order valence-electron chi connectivity index (χ2n) is 6.74. The van der Waals surface area contributed by atoms with E-state index in [2.05, 4.69) is 5.43 Å². The number of benzene rings is 2. The molecule has 0 radical (unpaired) electrons. The Hall–Kier alpha value is -4.36. The highest BCUT2D eigenvalue weighted by Gasteiger charge is 2.35. The number of rotatable bonds is 6. The van der Waals surface area contributed by atoms with E-state index in [4.69, 9.17) is 16.6 Å². The van der Waals surface area contributed by atoms with Gasteiger partial charge < -0.3 is 4.42 Å². The maximum Gasteiger partial charge on any atom is 0.285 e. The number of nitro benzene ring substituents is 2. The van der Waals surface area contributed by atoms with Crippen LogP contribution in [0.2, 0.25) is 0 Å². The molecule has 1 saturated heterocycles. The molecule has 0 atom stereocenters. The molecule has 11 nitrogen and oxygen atoms in total. The average Bonchev–Trinajstić information content (AvgIpc) is 3.39. The van der Waals surface area contributed by atoms with Crippen LogP contribution in [0.15, 0.2) is 70.0 Å². The molecule has 34 heavy (non-hydrogen) atoms. The Morgan fingerprint density at radius 3 is 2.41 bits per heavy atom. The van der Waals surface area contributed by atoms with Crippen molar-refractivity contribution >= 4 is 57.6 Å². The van der Waals surface area contributed by atoms with E-state index in [1.54, 1.807) is 24.3 Å². The van der Waals surface area contributed by atoms with Gasteiger partial charge in [0.25, 0.3) is 23.2 Å². The first-order chi connectivity index (χ1) is 16.2. The molecule has 2 aromatic carbocycles. The van der Waals surface area contributed by atoms with E-state index >= 15 is 0 Å². The summed E-state index contributed by atoms with van der Waals surface area (Å²) in [4.78, 5) is 46.2. The van der Waals surface area contributed by atoms with Crippen LogP contribution in [0.1, 0.15) is 16.1 Å². The van der Waals surface area contributed by atoms with Crippen LogP contribution in [0, 0.1) is 20.2 Å². The standard InChI is InChI=1S/C21H12N4O7S2/c26-19(15-3-1-2-4-16(15)25(30)31)22-23-20(27)18(34-21(23)33)11-14-9-10-17(32-14)12-5-7-13(8-6-12)24(28)29/h1-11H,(H,22,26)/b18-11-. The van der Waals surface area contributed by atoms with Gasteiger partial charge >= 0.3 is 0 Å². The van der Waals surface area contributed by atoms with Crippen LogP contribution in [0.25, 0.3) is 17.4 Å². The lowest BCUT2D eigenvalue weighted by molar-refractivity contribution is -0.385. The first-order valence-corrected chi connectivity index (χ1v) is 10.6. The summed E-state index contributed by atoms with van der Waals surface area (Å²) in [6.45, 7) is 0. The number of hydrogen-bond acceptors (Lipinski definition) is 9. The molecule has 170 valence electrons. The Kier molecular flexibility index (Phi) is 6.21. The molecule has 1 aromatic heterocycles. The van der Waals surface area contributed by atoms with Gasteiger partial charge in [0.1, 0.15) is 17.1 Å². The smallest absolute Gasteiger partial charge is 0.285 e. The van der Waals surface area contributed by atoms with Gasteiger partial charge in [-0.05, 0) is 42.5 Å². The van der Waals surface area contributed by atoms with Gasteiger partial charge in [0, 0.05) is 29.8 Å².